The molecule has 4 rings (SSSR count). The number of ether oxygens (including phenoxy) is 4. The number of carbonyl (C=O) groups excluding carboxylic acids is 1. The van der Waals surface area contributed by atoms with Gasteiger partial charge in [0.2, 0.25) is 0 Å². The Morgan fingerprint density at radius 2 is 1.38 bits per heavy atom. The van der Waals surface area contributed by atoms with Gasteiger partial charge in [-0.15, -0.1) is 0 Å². The van der Waals surface area contributed by atoms with Crippen LogP contribution in [0.25, 0.3) is 0 Å². The molecule has 3 aromatic carbocycles. The lowest BCUT2D eigenvalue weighted by Gasteiger charge is -2.26. The molecule has 194 valence electrons. The molecule has 1 heterocycles. The Morgan fingerprint density at radius 1 is 0.865 bits per heavy atom. The van der Waals surface area contributed by atoms with E-state index in [4.69, 9.17) is 18.9 Å². The van der Waals surface area contributed by atoms with Gasteiger partial charge in [-0.05, 0) is 78.8 Å². The van der Waals surface area contributed by atoms with E-state index in [1.54, 1.807) is 0 Å². The highest BCUT2D eigenvalue weighted by atomic mass is 16.8. The molecular formula is C31H35NO5. The van der Waals surface area contributed by atoms with E-state index < -0.39 is 0 Å². The van der Waals surface area contributed by atoms with E-state index in [9.17, 15) is 4.79 Å². The van der Waals surface area contributed by atoms with Gasteiger partial charge in [0.15, 0.2) is 19.9 Å². The Bertz CT molecular complexity index is 1120. The smallest absolute Gasteiger partial charge is 0.330 e. The van der Waals surface area contributed by atoms with Gasteiger partial charge in [-0.1, -0.05) is 49.9 Å². The van der Waals surface area contributed by atoms with Crippen molar-refractivity contribution in [2.75, 3.05) is 25.1 Å². The SMILES string of the molecule is C=CC(=O)OCCCc1ccc(N(c2ccc(CC)cc2)c2ccc(CCC3OCOCO3)cc2)cc1. The summed E-state index contributed by atoms with van der Waals surface area (Å²) in [6.07, 6.45) is 5.25. The highest BCUT2D eigenvalue weighted by molar-refractivity contribution is 5.81. The standard InChI is InChI=1S/C31H35NO5/c1-3-24-7-14-27(15-8-24)32(28-16-9-25(10-17-28)6-5-21-35-30(33)4-2)29-18-11-26(12-19-29)13-20-31-36-22-34-23-37-31/h4,7-12,14-19,31H,2-3,5-6,13,20-23H2,1H3. The molecule has 0 unspecified atom stereocenters. The largest absolute Gasteiger partial charge is 0.463 e. The van der Waals surface area contributed by atoms with Crippen molar-refractivity contribution in [2.45, 2.75) is 45.3 Å². The molecule has 3 aromatic rings. The van der Waals surface area contributed by atoms with E-state index in [2.05, 4.69) is 91.2 Å². The molecule has 37 heavy (non-hydrogen) atoms. The summed E-state index contributed by atoms with van der Waals surface area (Å²) in [6, 6.07) is 25.9. The normalized spacial score (nSPS) is 13.8. The molecule has 0 bridgehead atoms. The number of nitrogens with zero attached hydrogens (tertiary/aromatic N) is 1. The first kappa shape index (κ1) is 26.6. The zero-order valence-electron chi connectivity index (χ0n) is 21.4. The Hall–Kier alpha value is -3.45. The first-order chi connectivity index (χ1) is 18.2. The zero-order chi connectivity index (χ0) is 25.9. The molecule has 1 saturated heterocycles. The summed E-state index contributed by atoms with van der Waals surface area (Å²) < 4.78 is 21.1. The van der Waals surface area contributed by atoms with Gasteiger partial charge in [0.05, 0.1) is 6.61 Å². The molecule has 1 aliphatic heterocycles. The van der Waals surface area contributed by atoms with Crippen molar-refractivity contribution in [3.05, 3.63) is 102 Å². The van der Waals surface area contributed by atoms with E-state index in [1.165, 1.54) is 22.8 Å². The molecule has 6 nitrogen and oxygen atoms in total. The number of anilines is 3. The van der Waals surface area contributed by atoms with E-state index in [1.807, 2.05) is 0 Å². The van der Waals surface area contributed by atoms with Crippen molar-refractivity contribution in [3.63, 3.8) is 0 Å². The van der Waals surface area contributed by atoms with Crippen molar-refractivity contribution < 1.29 is 23.7 Å². The third-order valence-electron chi connectivity index (χ3n) is 6.36. The maximum absolute atomic E-state index is 11.2. The van der Waals surface area contributed by atoms with Gasteiger partial charge in [-0.3, -0.25) is 0 Å². The van der Waals surface area contributed by atoms with Gasteiger partial charge >= 0.3 is 5.97 Å². The Labute approximate surface area is 219 Å². The quantitative estimate of drug-likeness (QED) is 0.158. The fourth-order valence-electron chi connectivity index (χ4n) is 4.24. The zero-order valence-corrected chi connectivity index (χ0v) is 21.4. The van der Waals surface area contributed by atoms with Crippen LogP contribution in [0.15, 0.2) is 85.5 Å². The molecule has 0 saturated carbocycles. The van der Waals surface area contributed by atoms with Crippen molar-refractivity contribution in [1.29, 1.82) is 0 Å². The van der Waals surface area contributed by atoms with Crippen LogP contribution in [0, 0.1) is 0 Å². The topological polar surface area (TPSA) is 57.2 Å². The summed E-state index contributed by atoms with van der Waals surface area (Å²) in [5.74, 6) is -0.378. The number of aryl methyl sites for hydroxylation is 3. The van der Waals surface area contributed by atoms with Crippen molar-refractivity contribution in [3.8, 4) is 0 Å². The second kappa shape index (κ2) is 13.7. The van der Waals surface area contributed by atoms with Gasteiger partial charge in [0.1, 0.15) is 0 Å². The Balaban J connectivity index is 1.47. The molecule has 0 atom stereocenters. The van der Waals surface area contributed by atoms with Crippen LogP contribution in [0.1, 0.15) is 36.5 Å². The van der Waals surface area contributed by atoms with E-state index in [-0.39, 0.29) is 25.8 Å². The summed E-state index contributed by atoms with van der Waals surface area (Å²) in [5, 5.41) is 0. The predicted octanol–water partition coefficient (Wildman–Crippen LogP) is 6.62. The van der Waals surface area contributed by atoms with Gasteiger partial charge in [0.25, 0.3) is 0 Å². The number of hydrogen-bond acceptors (Lipinski definition) is 6. The van der Waals surface area contributed by atoms with Crippen LogP contribution in [0.5, 0.6) is 0 Å². The molecule has 0 amide bonds. The molecule has 0 aromatic heterocycles. The number of benzene rings is 3. The van der Waals surface area contributed by atoms with Gasteiger partial charge in [-0.2, -0.15) is 0 Å². The second-order valence-electron chi connectivity index (χ2n) is 8.90. The first-order valence-corrected chi connectivity index (χ1v) is 12.8. The lowest BCUT2D eigenvalue weighted by atomic mass is 10.1. The van der Waals surface area contributed by atoms with Crippen LogP contribution in [-0.4, -0.2) is 32.5 Å². The minimum Gasteiger partial charge on any atom is -0.463 e. The highest BCUT2D eigenvalue weighted by Gasteiger charge is 2.15. The fraction of sp³-hybridized carbons (Fsp3) is 0.323. The minimum atomic E-state index is -0.378. The predicted molar refractivity (Wildman–Crippen MR) is 145 cm³/mol. The van der Waals surface area contributed by atoms with Gasteiger partial charge in [-0.25, -0.2) is 4.79 Å². The Morgan fingerprint density at radius 3 is 1.89 bits per heavy atom. The molecule has 6 heteroatoms. The molecule has 1 aliphatic rings. The number of hydrogen-bond donors (Lipinski definition) is 0. The van der Waals surface area contributed by atoms with E-state index >= 15 is 0 Å². The van der Waals surface area contributed by atoms with Crippen LogP contribution < -0.4 is 4.90 Å². The van der Waals surface area contributed by atoms with Crippen LogP contribution >= 0.6 is 0 Å². The van der Waals surface area contributed by atoms with E-state index in [0.717, 1.165) is 49.2 Å². The van der Waals surface area contributed by atoms with Crippen molar-refractivity contribution in [2.24, 2.45) is 0 Å². The van der Waals surface area contributed by atoms with Gasteiger partial charge in [0, 0.05) is 29.6 Å². The van der Waals surface area contributed by atoms with E-state index in [0.29, 0.717) is 6.61 Å². The lowest BCUT2D eigenvalue weighted by Crippen LogP contribution is -2.26. The third kappa shape index (κ3) is 7.76. The highest BCUT2D eigenvalue weighted by Crippen LogP contribution is 2.35. The van der Waals surface area contributed by atoms with Crippen molar-refractivity contribution >= 4 is 23.0 Å². The molecule has 1 fully saturated rings. The fourth-order valence-corrected chi connectivity index (χ4v) is 4.24. The van der Waals surface area contributed by atoms with Crippen molar-refractivity contribution in [1.82, 2.24) is 0 Å². The molecule has 0 spiro atoms. The monoisotopic (exact) mass is 501 g/mol. The average Bonchev–Trinajstić information content (AvgIpc) is 2.96. The van der Waals surface area contributed by atoms with Crippen LogP contribution in [0.4, 0.5) is 17.1 Å². The maximum atomic E-state index is 11.2. The Kier molecular flexibility index (Phi) is 9.89. The molecular weight excluding hydrogens is 466 g/mol. The molecule has 0 N–H and O–H groups in total. The number of carbonyl (C=O) groups is 1. The third-order valence-corrected chi connectivity index (χ3v) is 6.36. The van der Waals surface area contributed by atoms with Gasteiger partial charge < -0.3 is 23.8 Å². The maximum Gasteiger partial charge on any atom is 0.330 e. The molecule has 0 radical (unpaired) electrons. The van der Waals surface area contributed by atoms with Crippen LogP contribution in [0.3, 0.4) is 0 Å². The minimum absolute atomic E-state index is 0.213. The second-order valence-corrected chi connectivity index (χ2v) is 8.90. The lowest BCUT2D eigenvalue weighted by molar-refractivity contribution is -0.299. The average molecular weight is 502 g/mol. The summed E-state index contributed by atoms with van der Waals surface area (Å²) in [5.41, 5.74) is 7.03. The van der Waals surface area contributed by atoms with Crippen LogP contribution in [0.2, 0.25) is 0 Å². The number of rotatable bonds is 12. The summed E-state index contributed by atoms with van der Waals surface area (Å²) in [6.45, 7) is 6.56. The van der Waals surface area contributed by atoms with Crippen LogP contribution in [-0.2, 0) is 43.0 Å². The summed E-state index contributed by atoms with van der Waals surface area (Å²) >= 11 is 0. The summed E-state index contributed by atoms with van der Waals surface area (Å²) in [4.78, 5) is 13.5. The number of esters is 1. The first-order valence-electron chi connectivity index (χ1n) is 12.8. The molecule has 0 aliphatic carbocycles. The summed E-state index contributed by atoms with van der Waals surface area (Å²) in [7, 11) is 0.